The van der Waals surface area contributed by atoms with E-state index < -0.39 is 0 Å². The third kappa shape index (κ3) is 5.80. The molecule has 0 bridgehead atoms. The predicted molar refractivity (Wildman–Crippen MR) is 73.4 cm³/mol. The van der Waals surface area contributed by atoms with Crippen molar-refractivity contribution in [3.05, 3.63) is 23.3 Å². The summed E-state index contributed by atoms with van der Waals surface area (Å²) in [7, 11) is 0. The number of rotatable bonds is 7. The molecule has 0 amide bonds. The molecular weight excluding hydrogens is 228 g/mol. The number of aliphatic hydroxyl groups is 1. The summed E-state index contributed by atoms with van der Waals surface area (Å²) >= 11 is 0. The number of aliphatic hydroxyl groups excluding tert-OH is 1. The first-order valence-corrected chi connectivity index (χ1v) is 6.76. The summed E-state index contributed by atoms with van der Waals surface area (Å²) in [4.78, 5) is 0. The van der Waals surface area contributed by atoms with Crippen LogP contribution in [0.25, 0.3) is 0 Å². The molecule has 1 N–H and O–H groups in total. The smallest absolute Gasteiger partial charge is 0.166 e. The minimum absolute atomic E-state index is 0.162. The maximum atomic E-state index is 8.88. The molecule has 1 rings (SSSR count). The van der Waals surface area contributed by atoms with Gasteiger partial charge in [-0.05, 0) is 40.0 Å². The molecule has 0 aromatic carbocycles. The number of allylic oxidation sites excluding steroid dienone is 3. The molecule has 1 aliphatic heterocycles. The van der Waals surface area contributed by atoms with Crippen molar-refractivity contribution in [2.24, 2.45) is 0 Å². The van der Waals surface area contributed by atoms with Crippen molar-refractivity contribution >= 4 is 0 Å². The molecule has 0 aromatic heterocycles. The zero-order valence-electron chi connectivity index (χ0n) is 11.9. The zero-order valence-corrected chi connectivity index (χ0v) is 11.9. The van der Waals surface area contributed by atoms with E-state index in [9.17, 15) is 0 Å². The van der Waals surface area contributed by atoms with Crippen LogP contribution in [0.4, 0.5) is 0 Å². The fraction of sp³-hybridized carbons (Fsp3) is 0.733. The summed E-state index contributed by atoms with van der Waals surface area (Å²) in [6, 6.07) is 0. The maximum Gasteiger partial charge on any atom is 0.166 e. The van der Waals surface area contributed by atoms with Gasteiger partial charge in [-0.3, -0.25) is 0 Å². The molecule has 3 nitrogen and oxygen atoms in total. The second-order valence-electron chi connectivity index (χ2n) is 5.17. The standard InChI is InChI=1S/C15H26O3/c1-13(6-4-7-14(2)12-16)8-5-9-15(3)17-10-11-18-15/h7-8,16H,4-6,9-12H2,1-3H3/b13-8+,14-7+. The van der Waals surface area contributed by atoms with Crippen LogP contribution in [0.1, 0.15) is 46.5 Å². The van der Waals surface area contributed by atoms with Gasteiger partial charge in [0.05, 0.1) is 19.8 Å². The highest BCUT2D eigenvalue weighted by Crippen LogP contribution is 2.24. The first-order valence-electron chi connectivity index (χ1n) is 6.76. The summed E-state index contributed by atoms with van der Waals surface area (Å²) in [5.41, 5.74) is 2.43. The lowest BCUT2D eigenvalue weighted by molar-refractivity contribution is -0.145. The van der Waals surface area contributed by atoms with Gasteiger partial charge in [-0.2, -0.15) is 0 Å². The fourth-order valence-electron chi connectivity index (χ4n) is 1.99. The molecule has 1 fully saturated rings. The molecule has 0 saturated carbocycles. The molecule has 3 heteroatoms. The lowest BCUT2D eigenvalue weighted by atomic mass is 10.1. The molecule has 0 spiro atoms. The molecule has 1 saturated heterocycles. The van der Waals surface area contributed by atoms with Gasteiger partial charge in [-0.25, -0.2) is 0 Å². The minimum atomic E-state index is -0.371. The Labute approximate surface area is 110 Å². The number of hydrogen-bond acceptors (Lipinski definition) is 3. The van der Waals surface area contributed by atoms with E-state index in [-0.39, 0.29) is 12.4 Å². The summed E-state index contributed by atoms with van der Waals surface area (Å²) in [5.74, 6) is -0.371. The molecule has 18 heavy (non-hydrogen) atoms. The average Bonchev–Trinajstić information content (AvgIpc) is 2.76. The van der Waals surface area contributed by atoms with Crippen molar-refractivity contribution in [2.75, 3.05) is 19.8 Å². The third-order valence-corrected chi connectivity index (χ3v) is 3.27. The van der Waals surface area contributed by atoms with E-state index in [4.69, 9.17) is 14.6 Å². The van der Waals surface area contributed by atoms with Crippen molar-refractivity contribution < 1.29 is 14.6 Å². The Hall–Kier alpha value is -0.640. The SMILES string of the molecule is C/C(=C\CC/C(C)=C/CCC1(C)OCCO1)CO. The minimum Gasteiger partial charge on any atom is -0.392 e. The van der Waals surface area contributed by atoms with Gasteiger partial charge >= 0.3 is 0 Å². The fourth-order valence-corrected chi connectivity index (χ4v) is 1.99. The Morgan fingerprint density at radius 1 is 1.11 bits per heavy atom. The summed E-state index contributed by atoms with van der Waals surface area (Å²) in [6.45, 7) is 7.71. The summed E-state index contributed by atoms with van der Waals surface area (Å²) in [6.07, 6.45) is 8.32. The highest BCUT2D eigenvalue weighted by atomic mass is 16.7. The van der Waals surface area contributed by atoms with Gasteiger partial charge < -0.3 is 14.6 Å². The second kappa shape index (κ2) is 7.72. The van der Waals surface area contributed by atoms with Crippen molar-refractivity contribution in [3.8, 4) is 0 Å². The van der Waals surface area contributed by atoms with E-state index in [0.717, 1.165) is 31.3 Å². The number of hydrogen-bond donors (Lipinski definition) is 1. The van der Waals surface area contributed by atoms with Gasteiger partial charge in [0.15, 0.2) is 5.79 Å². The van der Waals surface area contributed by atoms with Crippen LogP contribution in [0.15, 0.2) is 23.3 Å². The van der Waals surface area contributed by atoms with Crippen LogP contribution in [-0.4, -0.2) is 30.7 Å². The van der Waals surface area contributed by atoms with Gasteiger partial charge in [0.2, 0.25) is 0 Å². The lowest BCUT2D eigenvalue weighted by Crippen LogP contribution is -2.24. The molecule has 104 valence electrons. The summed E-state index contributed by atoms with van der Waals surface area (Å²) < 4.78 is 11.1. The normalized spacial score (nSPS) is 20.4. The van der Waals surface area contributed by atoms with E-state index in [1.54, 1.807) is 0 Å². The Morgan fingerprint density at radius 3 is 2.33 bits per heavy atom. The predicted octanol–water partition coefficient (Wildman–Crippen LogP) is 3.19. The average molecular weight is 254 g/mol. The molecule has 0 aromatic rings. The molecule has 0 atom stereocenters. The van der Waals surface area contributed by atoms with Crippen LogP contribution in [-0.2, 0) is 9.47 Å². The monoisotopic (exact) mass is 254 g/mol. The van der Waals surface area contributed by atoms with Crippen LogP contribution in [0.5, 0.6) is 0 Å². The second-order valence-corrected chi connectivity index (χ2v) is 5.17. The van der Waals surface area contributed by atoms with Crippen LogP contribution >= 0.6 is 0 Å². The molecular formula is C15H26O3. The van der Waals surface area contributed by atoms with Gasteiger partial charge in [0.1, 0.15) is 0 Å². The quantitative estimate of drug-likeness (QED) is 0.709. The Kier molecular flexibility index (Phi) is 6.61. The molecule has 0 unspecified atom stereocenters. The van der Waals surface area contributed by atoms with E-state index >= 15 is 0 Å². The van der Waals surface area contributed by atoms with E-state index in [0.29, 0.717) is 13.2 Å². The maximum absolute atomic E-state index is 8.88. The van der Waals surface area contributed by atoms with Gasteiger partial charge in [0.25, 0.3) is 0 Å². The van der Waals surface area contributed by atoms with Gasteiger partial charge in [0, 0.05) is 6.42 Å². The lowest BCUT2D eigenvalue weighted by Gasteiger charge is -2.21. The molecule has 0 radical (unpaired) electrons. The van der Waals surface area contributed by atoms with Gasteiger partial charge in [-0.1, -0.05) is 23.3 Å². The molecule has 1 heterocycles. The van der Waals surface area contributed by atoms with Crippen LogP contribution < -0.4 is 0 Å². The third-order valence-electron chi connectivity index (χ3n) is 3.27. The van der Waals surface area contributed by atoms with Crippen molar-refractivity contribution in [3.63, 3.8) is 0 Å². The van der Waals surface area contributed by atoms with Crippen LogP contribution in [0, 0.1) is 0 Å². The first kappa shape index (κ1) is 15.4. The Morgan fingerprint density at radius 2 is 1.72 bits per heavy atom. The summed E-state index contributed by atoms with van der Waals surface area (Å²) in [5, 5.41) is 8.88. The highest BCUT2D eigenvalue weighted by Gasteiger charge is 2.29. The largest absolute Gasteiger partial charge is 0.392 e. The Bertz CT molecular complexity index is 299. The topological polar surface area (TPSA) is 38.7 Å². The first-order chi connectivity index (χ1) is 8.56. The number of ether oxygens (including phenoxy) is 2. The van der Waals surface area contributed by atoms with Crippen molar-refractivity contribution in [1.82, 2.24) is 0 Å². The van der Waals surface area contributed by atoms with E-state index in [1.807, 2.05) is 13.8 Å². The van der Waals surface area contributed by atoms with E-state index in [2.05, 4.69) is 19.1 Å². The van der Waals surface area contributed by atoms with Gasteiger partial charge in [-0.15, -0.1) is 0 Å². The molecule has 0 aliphatic carbocycles. The highest BCUT2D eigenvalue weighted by molar-refractivity contribution is 5.03. The van der Waals surface area contributed by atoms with Crippen LogP contribution in [0.2, 0.25) is 0 Å². The van der Waals surface area contributed by atoms with E-state index in [1.165, 1.54) is 5.57 Å². The van der Waals surface area contributed by atoms with Crippen molar-refractivity contribution in [2.45, 2.75) is 52.2 Å². The zero-order chi connectivity index (χ0) is 13.4. The van der Waals surface area contributed by atoms with Crippen molar-refractivity contribution in [1.29, 1.82) is 0 Å². The Balaban J connectivity index is 2.21. The van der Waals surface area contributed by atoms with Crippen LogP contribution in [0.3, 0.4) is 0 Å². The molecule has 1 aliphatic rings.